The van der Waals surface area contributed by atoms with E-state index in [9.17, 15) is 22.8 Å². The average Bonchev–Trinajstić information content (AvgIpc) is 2.69. The first-order valence-corrected chi connectivity index (χ1v) is 6.90. The number of amides is 1. The Morgan fingerprint density at radius 1 is 1.42 bits per heavy atom. The predicted molar refractivity (Wildman–Crippen MR) is 64.6 cm³/mol. The third kappa shape index (κ3) is 4.29. The van der Waals surface area contributed by atoms with Crippen LogP contribution in [-0.2, 0) is 9.59 Å². The van der Waals surface area contributed by atoms with Crippen molar-refractivity contribution in [1.82, 2.24) is 4.90 Å². The molecule has 4 nitrogen and oxygen atoms in total. The molecule has 2 atom stereocenters. The van der Waals surface area contributed by atoms with Crippen LogP contribution in [0.1, 0.15) is 26.7 Å². The molecule has 2 unspecified atom stereocenters. The van der Waals surface area contributed by atoms with Crippen molar-refractivity contribution in [3.8, 4) is 0 Å². The summed E-state index contributed by atoms with van der Waals surface area (Å²) in [7, 11) is 0. The summed E-state index contributed by atoms with van der Waals surface area (Å²) in [6.45, 7) is 3.62. The van der Waals surface area contributed by atoms with Gasteiger partial charge in [0.1, 0.15) is 6.04 Å². The third-order valence-corrected chi connectivity index (χ3v) is 4.42. The fraction of sp³-hybridized carbons (Fsp3) is 0.818. The number of carboxylic acids is 1. The zero-order valence-corrected chi connectivity index (χ0v) is 11.4. The smallest absolute Gasteiger partial charge is 0.389 e. The van der Waals surface area contributed by atoms with Gasteiger partial charge in [-0.15, -0.1) is 11.8 Å². The monoisotopic (exact) mass is 299 g/mol. The van der Waals surface area contributed by atoms with E-state index in [0.29, 0.717) is 0 Å². The first-order chi connectivity index (χ1) is 8.63. The molecule has 1 N–H and O–H groups in total. The summed E-state index contributed by atoms with van der Waals surface area (Å²) in [5.74, 6) is -1.70. The maximum Gasteiger partial charge on any atom is 0.389 e. The van der Waals surface area contributed by atoms with Crippen LogP contribution < -0.4 is 0 Å². The molecule has 1 aliphatic heterocycles. The number of halogens is 3. The Morgan fingerprint density at radius 3 is 2.42 bits per heavy atom. The van der Waals surface area contributed by atoms with E-state index in [1.807, 2.05) is 13.8 Å². The van der Waals surface area contributed by atoms with Crippen LogP contribution in [0.5, 0.6) is 0 Å². The molecule has 0 radical (unpaired) electrons. The van der Waals surface area contributed by atoms with Crippen LogP contribution in [0.15, 0.2) is 0 Å². The number of aliphatic carboxylic acids is 1. The van der Waals surface area contributed by atoms with Gasteiger partial charge in [0, 0.05) is 12.2 Å². The van der Waals surface area contributed by atoms with E-state index >= 15 is 0 Å². The lowest BCUT2D eigenvalue weighted by Gasteiger charge is -2.29. The van der Waals surface area contributed by atoms with E-state index in [0.717, 1.165) is 4.90 Å². The Hall–Kier alpha value is -0.920. The molecule has 1 rings (SSSR count). The van der Waals surface area contributed by atoms with E-state index in [-0.39, 0.29) is 17.0 Å². The van der Waals surface area contributed by atoms with Crippen LogP contribution >= 0.6 is 11.8 Å². The van der Waals surface area contributed by atoms with E-state index in [1.165, 1.54) is 11.8 Å². The van der Waals surface area contributed by atoms with Gasteiger partial charge in [-0.25, -0.2) is 4.79 Å². The van der Waals surface area contributed by atoms with Crippen LogP contribution in [0.2, 0.25) is 0 Å². The van der Waals surface area contributed by atoms with Crippen molar-refractivity contribution in [3.63, 3.8) is 0 Å². The Labute approximate surface area is 113 Å². The Kier molecular flexibility index (Phi) is 5.11. The summed E-state index contributed by atoms with van der Waals surface area (Å²) in [4.78, 5) is 24.0. The van der Waals surface area contributed by atoms with Gasteiger partial charge in [0.15, 0.2) is 0 Å². The van der Waals surface area contributed by atoms with Gasteiger partial charge in [0.25, 0.3) is 0 Å². The number of alkyl halides is 3. The second-order valence-electron chi connectivity index (χ2n) is 4.74. The maximum atomic E-state index is 12.1. The number of carbonyl (C=O) groups excluding carboxylic acids is 1. The highest BCUT2D eigenvalue weighted by Crippen LogP contribution is 2.35. The van der Waals surface area contributed by atoms with Gasteiger partial charge in [-0.05, 0) is 5.92 Å². The molecule has 0 spiro atoms. The number of hydrogen-bond donors (Lipinski definition) is 1. The number of nitrogens with zero attached hydrogens (tertiary/aromatic N) is 1. The summed E-state index contributed by atoms with van der Waals surface area (Å²) in [6, 6.07) is -1.03. The van der Waals surface area contributed by atoms with E-state index in [2.05, 4.69) is 0 Å². The molecule has 0 aromatic carbocycles. The van der Waals surface area contributed by atoms with Crippen molar-refractivity contribution < 1.29 is 27.9 Å². The van der Waals surface area contributed by atoms with Crippen molar-refractivity contribution in [2.24, 2.45) is 5.92 Å². The lowest BCUT2D eigenvalue weighted by molar-refractivity contribution is -0.155. The van der Waals surface area contributed by atoms with Crippen molar-refractivity contribution in [1.29, 1.82) is 0 Å². The minimum atomic E-state index is -4.41. The highest BCUT2D eigenvalue weighted by atomic mass is 32.2. The van der Waals surface area contributed by atoms with E-state index in [4.69, 9.17) is 5.11 Å². The molecule has 0 aromatic heterocycles. The molecule has 1 aliphatic rings. The van der Waals surface area contributed by atoms with E-state index < -0.39 is 36.9 Å². The molecule has 8 heteroatoms. The van der Waals surface area contributed by atoms with Crippen LogP contribution in [0, 0.1) is 5.92 Å². The zero-order chi connectivity index (χ0) is 14.8. The summed E-state index contributed by atoms with van der Waals surface area (Å²) in [6.07, 6.45) is -6.32. The molecule has 1 heterocycles. The van der Waals surface area contributed by atoms with Crippen LogP contribution in [-0.4, -0.2) is 45.2 Å². The van der Waals surface area contributed by atoms with Crippen LogP contribution in [0.3, 0.4) is 0 Å². The molecule has 19 heavy (non-hydrogen) atoms. The summed E-state index contributed by atoms with van der Waals surface area (Å²) in [5.41, 5.74) is 0. The highest BCUT2D eigenvalue weighted by molar-refractivity contribution is 8.00. The van der Waals surface area contributed by atoms with Crippen LogP contribution in [0.4, 0.5) is 13.2 Å². The van der Waals surface area contributed by atoms with Gasteiger partial charge in [-0.3, -0.25) is 4.79 Å². The Bertz CT molecular complexity index is 360. The normalized spacial score (nSPS) is 24.0. The Morgan fingerprint density at radius 2 is 2.00 bits per heavy atom. The molecular weight excluding hydrogens is 283 g/mol. The fourth-order valence-electron chi connectivity index (χ4n) is 1.93. The number of carbonyl (C=O) groups is 2. The number of hydrogen-bond acceptors (Lipinski definition) is 3. The summed E-state index contributed by atoms with van der Waals surface area (Å²) >= 11 is 1.30. The number of thioether (sulfide) groups is 1. The lowest BCUT2D eigenvalue weighted by Crippen LogP contribution is -2.47. The van der Waals surface area contributed by atoms with Gasteiger partial charge < -0.3 is 10.0 Å². The standard InChI is InChI=1S/C11H16F3NO3S/c1-6(2)9-15(7(5-19-9)10(17)18)8(16)3-4-11(12,13)14/h6-7,9H,3-5H2,1-2H3,(H,17,18). The average molecular weight is 299 g/mol. The minimum Gasteiger partial charge on any atom is -0.480 e. The van der Waals surface area contributed by atoms with E-state index in [1.54, 1.807) is 0 Å². The van der Waals surface area contributed by atoms with Gasteiger partial charge >= 0.3 is 12.1 Å². The molecule has 0 aromatic rings. The maximum absolute atomic E-state index is 12.1. The second-order valence-corrected chi connectivity index (χ2v) is 5.89. The summed E-state index contributed by atoms with van der Waals surface area (Å²) in [5, 5.41) is 8.66. The minimum absolute atomic E-state index is 0.0100. The predicted octanol–water partition coefficient (Wildman–Crippen LogP) is 2.34. The van der Waals surface area contributed by atoms with Gasteiger partial charge in [-0.2, -0.15) is 13.2 Å². The lowest BCUT2D eigenvalue weighted by atomic mass is 10.1. The van der Waals surface area contributed by atoms with Crippen molar-refractivity contribution in [2.75, 3.05) is 5.75 Å². The van der Waals surface area contributed by atoms with Crippen molar-refractivity contribution in [2.45, 2.75) is 44.3 Å². The molecule has 0 saturated carbocycles. The SMILES string of the molecule is CC(C)C1SCC(C(=O)O)N1C(=O)CCC(F)(F)F. The topological polar surface area (TPSA) is 57.6 Å². The molecule has 1 saturated heterocycles. The molecule has 110 valence electrons. The van der Waals surface area contributed by atoms with Gasteiger partial charge in [-0.1, -0.05) is 13.8 Å². The molecule has 1 fully saturated rings. The molecular formula is C11H16F3NO3S. The number of carboxylic acid groups (broad SMARTS) is 1. The Balaban J connectivity index is 2.78. The van der Waals surface area contributed by atoms with Crippen molar-refractivity contribution in [3.05, 3.63) is 0 Å². The largest absolute Gasteiger partial charge is 0.480 e. The van der Waals surface area contributed by atoms with Gasteiger partial charge in [0.2, 0.25) is 5.91 Å². The molecule has 0 aliphatic carbocycles. The molecule has 1 amide bonds. The number of rotatable bonds is 4. The van der Waals surface area contributed by atoms with Crippen molar-refractivity contribution >= 4 is 23.6 Å². The zero-order valence-electron chi connectivity index (χ0n) is 10.6. The summed E-state index contributed by atoms with van der Waals surface area (Å²) < 4.78 is 36.4. The molecule has 0 bridgehead atoms. The fourth-order valence-corrected chi connectivity index (χ4v) is 3.42. The first-order valence-electron chi connectivity index (χ1n) is 5.86. The highest BCUT2D eigenvalue weighted by Gasteiger charge is 2.43. The quantitative estimate of drug-likeness (QED) is 0.865. The first kappa shape index (κ1) is 16.1. The second kappa shape index (κ2) is 6.02. The van der Waals surface area contributed by atoms with Gasteiger partial charge in [0.05, 0.1) is 11.8 Å². The van der Waals surface area contributed by atoms with Crippen LogP contribution in [0.25, 0.3) is 0 Å². The third-order valence-electron chi connectivity index (χ3n) is 2.80.